The lowest BCUT2D eigenvalue weighted by Crippen LogP contribution is -2.16. The number of benzene rings is 1. The van der Waals surface area contributed by atoms with E-state index in [0.29, 0.717) is 12.1 Å². The van der Waals surface area contributed by atoms with Crippen molar-refractivity contribution >= 4 is 5.82 Å². The van der Waals surface area contributed by atoms with E-state index in [0.717, 1.165) is 17.1 Å². The van der Waals surface area contributed by atoms with Crippen molar-refractivity contribution in [3.63, 3.8) is 0 Å². The first-order valence-electron chi connectivity index (χ1n) is 8.50. The van der Waals surface area contributed by atoms with Crippen LogP contribution >= 0.6 is 0 Å². The average molecular weight is 310 g/mol. The summed E-state index contributed by atoms with van der Waals surface area (Å²) in [6.07, 6.45) is 5.13. The molecular weight excluding hydrogens is 284 g/mol. The highest BCUT2D eigenvalue weighted by atomic mass is 15.2. The van der Waals surface area contributed by atoms with E-state index in [1.165, 1.54) is 31.2 Å². The molecule has 0 aliphatic heterocycles. The molecule has 1 aromatic carbocycles. The summed E-state index contributed by atoms with van der Waals surface area (Å²) >= 11 is 0. The fourth-order valence-corrected chi connectivity index (χ4v) is 3.07. The summed E-state index contributed by atoms with van der Waals surface area (Å²) in [6.45, 7) is 2.21. The van der Waals surface area contributed by atoms with Crippen molar-refractivity contribution in [2.45, 2.75) is 44.7 Å². The molecule has 1 aliphatic carbocycles. The molecular formula is C19H26N4. The van der Waals surface area contributed by atoms with E-state index in [2.05, 4.69) is 71.8 Å². The third-order valence-electron chi connectivity index (χ3n) is 4.84. The number of hydrogen-bond donors (Lipinski definition) is 1. The quantitative estimate of drug-likeness (QED) is 0.902. The second kappa shape index (κ2) is 7.09. The summed E-state index contributed by atoms with van der Waals surface area (Å²) in [4.78, 5) is 2.21. The number of aromatic nitrogens is 2. The third kappa shape index (κ3) is 3.88. The zero-order valence-corrected chi connectivity index (χ0v) is 14.3. The predicted octanol–water partition coefficient (Wildman–Crippen LogP) is 4.12. The van der Waals surface area contributed by atoms with Gasteiger partial charge in [0.1, 0.15) is 5.82 Å². The monoisotopic (exact) mass is 310 g/mol. The number of anilines is 1. The van der Waals surface area contributed by atoms with Gasteiger partial charge >= 0.3 is 0 Å². The van der Waals surface area contributed by atoms with Crippen molar-refractivity contribution < 1.29 is 0 Å². The molecule has 23 heavy (non-hydrogen) atoms. The lowest BCUT2D eigenvalue weighted by molar-refractivity contribution is 0.321. The molecule has 0 spiro atoms. The van der Waals surface area contributed by atoms with E-state index in [1.54, 1.807) is 0 Å². The molecule has 4 heteroatoms. The van der Waals surface area contributed by atoms with Crippen LogP contribution in [0.3, 0.4) is 0 Å². The molecule has 1 heterocycles. The first kappa shape index (κ1) is 15.9. The molecule has 0 unspecified atom stereocenters. The summed E-state index contributed by atoms with van der Waals surface area (Å²) < 4.78 is 0. The normalized spacial score (nSPS) is 16.7. The van der Waals surface area contributed by atoms with Crippen molar-refractivity contribution in [1.29, 1.82) is 0 Å². The van der Waals surface area contributed by atoms with E-state index in [9.17, 15) is 0 Å². The van der Waals surface area contributed by atoms with Crippen molar-refractivity contribution in [2.24, 2.45) is 0 Å². The number of hydrogen-bond acceptors (Lipinski definition) is 4. The highest BCUT2D eigenvalue weighted by Gasteiger charge is 2.15. The SMILES string of the molecule is C[C@H](c1ccc(-c2ccc(NC3CCCC3)nn2)cc1)N(C)C. The summed E-state index contributed by atoms with van der Waals surface area (Å²) in [7, 11) is 4.19. The van der Waals surface area contributed by atoms with Crippen LogP contribution in [0.25, 0.3) is 11.3 Å². The molecule has 1 atom stereocenters. The van der Waals surface area contributed by atoms with Gasteiger partial charge in [-0.05, 0) is 51.6 Å². The molecule has 1 aliphatic rings. The zero-order chi connectivity index (χ0) is 16.2. The second-order valence-corrected chi connectivity index (χ2v) is 6.69. The number of rotatable bonds is 5. The molecule has 0 bridgehead atoms. The van der Waals surface area contributed by atoms with Gasteiger partial charge in [0.25, 0.3) is 0 Å². The van der Waals surface area contributed by atoms with Gasteiger partial charge in [0.2, 0.25) is 0 Å². The van der Waals surface area contributed by atoms with Gasteiger partial charge in [-0.3, -0.25) is 0 Å². The maximum atomic E-state index is 4.38. The molecule has 2 aromatic rings. The number of nitrogens with one attached hydrogen (secondary N) is 1. The molecule has 1 saturated carbocycles. The standard InChI is InChI=1S/C19H26N4/c1-14(23(2)3)15-8-10-16(11-9-15)18-12-13-19(22-21-18)20-17-6-4-5-7-17/h8-14,17H,4-7H2,1-3H3,(H,20,22)/t14-/m1/s1. The van der Waals surface area contributed by atoms with Gasteiger partial charge < -0.3 is 10.2 Å². The molecule has 0 saturated heterocycles. The summed E-state index contributed by atoms with van der Waals surface area (Å²) in [5, 5.41) is 12.2. The van der Waals surface area contributed by atoms with Gasteiger partial charge in [-0.1, -0.05) is 37.1 Å². The van der Waals surface area contributed by atoms with Gasteiger partial charge in [0, 0.05) is 17.6 Å². The molecule has 1 fully saturated rings. The summed E-state index contributed by atoms with van der Waals surface area (Å²) in [5.74, 6) is 0.888. The minimum absolute atomic E-state index is 0.410. The van der Waals surface area contributed by atoms with Gasteiger partial charge in [0.05, 0.1) is 5.69 Å². The van der Waals surface area contributed by atoms with Crippen LogP contribution in [0, 0.1) is 0 Å². The Kier molecular flexibility index (Phi) is 4.91. The Morgan fingerprint density at radius 2 is 1.70 bits per heavy atom. The lowest BCUT2D eigenvalue weighted by atomic mass is 10.0. The van der Waals surface area contributed by atoms with E-state index < -0.39 is 0 Å². The molecule has 0 radical (unpaired) electrons. The van der Waals surface area contributed by atoms with Gasteiger partial charge in [-0.2, -0.15) is 0 Å². The van der Waals surface area contributed by atoms with E-state index in [1.807, 2.05) is 6.07 Å². The van der Waals surface area contributed by atoms with Gasteiger partial charge in [-0.15, -0.1) is 10.2 Å². The molecule has 122 valence electrons. The van der Waals surface area contributed by atoms with Crippen molar-refractivity contribution in [3.05, 3.63) is 42.0 Å². The van der Waals surface area contributed by atoms with Crippen LogP contribution in [0.1, 0.15) is 44.2 Å². The lowest BCUT2D eigenvalue weighted by Gasteiger charge is -2.20. The zero-order valence-electron chi connectivity index (χ0n) is 14.3. The Balaban J connectivity index is 1.69. The Labute approximate surface area is 138 Å². The molecule has 3 rings (SSSR count). The van der Waals surface area contributed by atoms with E-state index in [4.69, 9.17) is 0 Å². The fraction of sp³-hybridized carbons (Fsp3) is 0.474. The smallest absolute Gasteiger partial charge is 0.148 e. The van der Waals surface area contributed by atoms with Gasteiger partial charge in [-0.25, -0.2) is 0 Å². The predicted molar refractivity (Wildman–Crippen MR) is 95.4 cm³/mol. The molecule has 1 N–H and O–H groups in total. The van der Waals surface area contributed by atoms with Gasteiger partial charge in [0.15, 0.2) is 0 Å². The first-order valence-corrected chi connectivity index (χ1v) is 8.50. The Hall–Kier alpha value is -1.94. The van der Waals surface area contributed by atoms with Crippen LogP contribution in [-0.4, -0.2) is 35.2 Å². The van der Waals surface area contributed by atoms with Crippen LogP contribution in [0.4, 0.5) is 5.82 Å². The minimum Gasteiger partial charge on any atom is -0.366 e. The van der Waals surface area contributed by atoms with Crippen LogP contribution < -0.4 is 5.32 Å². The van der Waals surface area contributed by atoms with Crippen LogP contribution in [-0.2, 0) is 0 Å². The molecule has 0 amide bonds. The molecule has 4 nitrogen and oxygen atoms in total. The maximum absolute atomic E-state index is 4.38. The summed E-state index contributed by atoms with van der Waals surface area (Å²) in [5.41, 5.74) is 3.34. The largest absolute Gasteiger partial charge is 0.366 e. The highest BCUT2D eigenvalue weighted by molar-refractivity contribution is 5.60. The van der Waals surface area contributed by atoms with Crippen LogP contribution in [0.15, 0.2) is 36.4 Å². The van der Waals surface area contributed by atoms with Crippen molar-refractivity contribution in [3.8, 4) is 11.3 Å². The Bertz CT molecular complexity index is 613. The number of nitrogens with zero attached hydrogens (tertiary/aromatic N) is 3. The van der Waals surface area contributed by atoms with Crippen LogP contribution in [0.5, 0.6) is 0 Å². The van der Waals surface area contributed by atoms with E-state index in [-0.39, 0.29) is 0 Å². The average Bonchev–Trinajstić information content (AvgIpc) is 3.08. The van der Waals surface area contributed by atoms with Crippen LogP contribution in [0.2, 0.25) is 0 Å². The fourth-order valence-electron chi connectivity index (χ4n) is 3.07. The third-order valence-corrected chi connectivity index (χ3v) is 4.84. The summed E-state index contributed by atoms with van der Waals surface area (Å²) in [6, 6.07) is 13.7. The topological polar surface area (TPSA) is 41.1 Å². The minimum atomic E-state index is 0.410. The maximum Gasteiger partial charge on any atom is 0.148 e. The Morgan fingerprint density at radius 1 is 1.00 bits per heavy atom. The second-order valence-electron chi connectivity index (χ2n) is 6.69. The molecule has 1 aromatic heterocycles. The van der Waals surface area contributed by atoms with Crippen molar-refractivity contribution in [1.82, 2.24) is 15.1 Å². The van der Waals surface area contributed by atoms with Crippen molar-refractivity contribution in [2.75, 3.05) is 19.4 Å². The van der Waals surface area contributed by atoms with E-state index >= 15 is 0 Å². The Morgan fingerprint density at radius 3 is 2.26 bits per heavy atom. The highest BCUT2D eigenvalue weighted by Crippen LogP contribution is 2.24. The first-order chi connectivity index (χ1) is 11.1.